The van der Waals surface area contributed by atoms with Crippen molar-refractivity contribution < 1.29 is 23.4 Å². The summed E-state index contributed by atoms with van der Waals surface area (Å²) in [5.74, 6) is 0.625. The Labute approximate surface area is 229 Å². The van der Waals surface area contributed by atoms with Gasteiger partial charge in [0, 0.05) is 52.4 Å². The summed E-state index contributed by atoms with van der Waals surface area (Å²) in [5, 5.41) is 1.51. The number of rotatable bonds is 8. The highest BCUT2D eigenvalue weighted by molar-refractivity contribution is 7.97. The minimum Gasteiger partial charge on any atom is -0.491 e. The third-order valence-corrected chi connectivity index (χ3v) is 7.26. The molecule has 0 aliphatic carbocycles. The van der Waals surface area contributed by atoms with Crippen molar-refractivity contribution >= 4 is 40.7 Å². The molecule has 1 unspecified atom stereocenters. The van der Waals surface area contributed by atoms with E-state index in [0.29, 0.717) is 59.8 Å². The van der Waals surface area contributed by atoms with E-state index in [4.69, 9.17) is 25.8 Å². The second-order valence-electron chi connectivity index (χ2n) is 8.19. The Balaban J connectivity index is 0.00000164. The predicted molar refractivity (Wildman–Crippen MR) is 148 cm³/mol. The largest absolute Gasteiger partial charge is 0.491 e. The van der Waals surface area contributed by atoms with E-state index in [1.807, 2.05) is 12.1 Å². The van der Waals surface area contributed by atoms with Crippen molar-refractivity contribution in [1.29, 1.82) is 0 Å². The predicted octanol–water partition coefficient (Wildman–Crippen LogP) is 5.21. The number of fused-ring (bicyclic) bond motifs is 1. The van der Waals surface area contributed by atoms with Gasteiger partial charge >= 0.3 is 0 Å². The Hall–Kier alpha value is -3.15. The smallest absolute Gasteiger partial charge is 0.212 e. The van der Waals surface area contributed by atoms with Gasteiger partial charge in [-0.15, -0.1) is 0 Å². The Bertz CT molecular complexity index is 1390. The molecule has 0 bridgehead atoms. The van der Waals surface area contributed by atoms with Crippen LogP contribution in [0.2, 0.25) is 5.02 Å². The van der Waals surface area contributed by atoms with Crippen molar-refractivity contribution in [3.8, 4) is 22.8 Å². The lowest BCUT2D eigenvalue weighted by atomic mass is 10.1. The minimum absolute atomic E-state index is 0.198. The molecule has 1 aliphatic heterocycles. The maximum Gasteiger partial charge on any atom is 0.212 e. The first-order valence-corrected chi connectivity index (χ1v) is 13.0. The van der Waals surface area contributed by atoms with Crippen molar-refractivity contribution in [1.82, 2.24) is 14.3 Å². The summed E-state index contributed by atoms with van der Waals surface area (Å²) in [6, 6.07) is 13.6. The molecule has 4 aromatic rings. The van der Waals surface area contributed by atoms with Gasteiger partial charge in [-0.25, -0.2) is 13.7 Å². The first-order chi connectivity index (χ1) is 18.5. The molecule has 1 aliphatic rings. The van der Waals surface area contributed by atoms with Crippen LogP contribution in [0.25, 0.3) is 22.0 Å². The monoisotopic (exact) mass is 558 g/mol. The van der Waals surface area contributed by atoms with Crippen molar-refractivity contribution in [2.75, 3.05) is 40.5 Å². The lowest BCUT2D eigenvalue weighted by Crippen LogP contribution is -2.41. The summed E-state index contributed by atoms with van der Waals surface area (Å²) in [6.45, 7) is 2.10. The van der Waals surface area contributed by atoms with E-state index in [1.54, 1.807) is 36.5 Å². The van der Waals surface area contributed by atoms with Crippen LogP contribution in [0.5, 0.6) is 11.6 Å². The van der Waals surface area contributed by atoms with E-state index in [1.165, 1.54) is 32.2 Å². The van der Waals surface area contributed by atoms with Gasteiger partial charge in [-0.1, -0.05) is 11.6 Å². The van der Waals surface area contributed by atoms with Gasteiger partial charge < -0.3 is 24.9 Å². The molecule has 8 nitrogen and oxygen atoms in total. The highest BCUT2D eigenvalue weighted by Crippen LogP contribution is 2.35. The number of carbonyl (C=O) groups is 1. The first kappa shape index (κ1) is 27.9. The van der Waals surface area contributed by atoms with Crippen LogP contribution in [0.15, 0.2) is 59.6 Å². The molecule has 0 radical (unpaired) electrons. The molecule has 2 aromatic carbocycles. The maximum atomic E-state index is 14.5. The molecule has 5 rings (SSSR count). The number of hydrogen-bond acceptors (Lipinski definition) is 8. The summed E-state index contributed by atoms with van der Waals surface area (Å²) < 4.78 is 33.6. The Kier molecular flexibility index (Phi) is 9.59. The van der Waals surface area contributed by atoms with Crippen LogP contribution in [0, 0.1) is 5.82 Å². The number of pyridine rings is 1. The molecule has 3 heterocycles. The van der Waals surface area contributed by atoms with Crippen molar-refractivity contribution in [3.63, 3.8) is 0 Å². The molecule has 3 N–H and O–H groups in total. The second kappa shape index (κ2) is 13.1. The molecule has 200 valence electrons. The lowest BCUT2D eigenvalue weighted by Gasteiger charge is -2.31. The fourth-order valence-corrected chi connectivity index (χ4v) is 5.31. The molecule has 0 amide bonds. The topological polar surface area (TPSA) is 103 Å². The van der Waals surface area contributed by atoms with Crippen molar-refractivity contribution in [2.24, 2.45) is 5.73 Å². The quantitative estimate of drug-likeness (QED) is 0.224. The van der Waals surface area contributed by atoms with Gasteiger partial charge in [-0.2, -0.15) is 0 Å². The first-order valence-electron chi connectivity index (χ1n) is 11.9. The molecule has 1 saturated heterocycles. The average Bonchev–Trinajstić information content (AvgIpc) is 3.30. The fourth-order valence-electron chi connectivity index (χ4n) is 4.01. The number of aldehydes is 1. The SMILES string of the molecule is CN.COc1ccc(-c2cc(OCC3CN(Sc4c(C=O)[nH]c5ccc(Cl)cc45)CCO3)ccc2F)cn1. The van der Waals surface area contributed by atoms with E-state index in [0.717, 1.165) is 22.1 Å². The number of nitrogens with zero attached hydrogens (tertiary/aromatic N) is 2. The van der Waals surface area contributed by atoms with E-state index in [-0.39, 0.29) is 11.9 Å². The number of halogens is 2. The van der Waals surface area contributed by atoms with E-state index in [9.17, 15) is 9.18 Å². The third-order valence-electron chi connectivity index (χ3n) is 5.81. The summed E-state index contributed by atoms with van der Waals surface area (Å²) >= 11 is 7.69. The van der Waals surface area contributed by atoms with Crippen molar-refractivity contribution in [2.45, 2.75) is 11.0 Å². The van der Waals surface area contributed by atoms with E-state index < -0.39 is 0 Å². The van der Waals surface area contributed by atoms with E-state index >= 15 is 0 Å². The molecule has 0 spiro atoms. The average molecular weight is 559 g/mol. The Morgan fingerprint density at radius 3 is 2.84 bits per heavy atom. The highest BCUT2D eigenvalue weighted by atomic mass is 35.5. The number of methoxy groups -OCH3 is 1. The van der Waals surface area contributed by atoms with Crippen molar-refractivity contribution in [3.05, 3.63) is 71.3 Å². The molecule has 1 atom stereocenters. The van der Waals surface area contributed by atoms with Gasteiger partial charge in [0.2, 0.25) is 5.88 Å². The van der Waals surface area contributed by atoms with E-state index in [2.05, 4.69) is 20.0 Å². The van der Waals surface area contributed by atoms with Crippen LogP contribution in [0.3, 0.4) is 0 Å². The minimum atomic E-state index is -0.365. The van der Waals surface area contributed by atoms with Crippen LogP contribution in [0.1, 0.15) is 10.5 Å². The molecule has 0 saturated carbocycles. The second-order valence-corrected chi connectivity index (χ2v) is 9.73. The zero-order valence-electron chi connectivity index (χ0n) is 20.9. The number of aromatic nitrogens is 2. The number of ether oxygens (including phenoxy) is 3. The van der Waals surface area contributed by atoms with Gasteiger partial charge in [0.15, 0.2) is 6.29 Å². The number of hydrogen-bond donors (Lipinski definition) is 2. The molecule has 38 heavy (non-hydrogen) atoms. The van der Waals surface area contributed by atoms with Gasteiger partial charge in [0.1, 0.15) is 24.3 Å². The summed E-state index contributed by atoms with van der Waals surface area (Å²) in [5.41, 5.74) is 6.89. The van der Waals surface area contributed by atoms with Crippen LogP contribution in [-0.4, -0.2) is 67.1 Å². The van der Waals surface area contributed by atoms with Gasteiger partial charge in [-0.3, -0.25) is 4.79 Å². The molecule has 1 fully saturated rings. The fraction of sp³-hybridized carbons (Fsp3) is 0.259. The van der Waals surface area contributed by atoms with Gasteiger partial charge in [0.25, 0.3) is 0 Å². The van der Waals surface area contributed by atoms with Gasteiger partial charge in [0.05, 0.1) is 24.3 Å². The number of H-pyrrole nitrogens is 1. The number of nitrogens with two attached hydrogens (primary N) is 1. The summed E-state index contributed by atoms with van der Waals surface area (Å²) in [7, 11) is 3.03. The van der Waals surface area contributed by atoms with Crippen LogP contribution in [-0.2, 0) is 4.74 Å². The number of benzene rings is 2. The number of nitrogens with one attached hydrogen (secondary N) is 1. The lowest BCUT2D eigenvalue weighted by molar-refractivity contribution is -0.0224. The Morgan fingerprint density at radius 1 is 1.26 bits per heavy atom. The van der Waals surface area contributed by atoms with Crippen LogP contribution >= 0.6 is 23.5 Å². The normalized spacial score (nSPS) is 15.6. The molecular formula is C27H28ClFN4O4S. The molecular weight excluding hydrogens is 531 g/mol. The third kappa shape index (κ3) is 6.46. The maximum absolute atomic E-state index is 14.5. The number of aromatic amines is 1. The molecule has 2 aromatic heterocycles. The summed E-state index contributed by atoms with van der Waals surface area (Å²) in [6.07, 6.45) is 2.18. The molecule has 11 heteroatoms. The van der Waals surface area contributed by atoms with Crippen LogP contribution < -0.4 is 15.2 Å². The summed E-state index contributed by atoms with van der Waals surface area (Å²) in [4.78, 5) is 19.8. The standard InChI is InChI=1S/C26H23ClFN3O4S.CH5N/c1-33-25-7-2-16(12-29-25)20-11-18(4-5-22(20)28)35-15-19-13-31(8-9-34-19)36-26-21-10-17(27)3-6-23(21)30-24(26)14-32;1-2/h2-7,10-12,14,19,30H,8-9,13,15H2,1H3;2H2,1H3. The van der Waals surface area contributed by atoms with Gasteiger partial charge in [-0.05, 0) is 61.5 Å². The number of carbonyl (C=O) groups excluding carboxylic acids is 1. The zero-order valence-corrected chi connectivity index (χ0v) is 22.5. The highest BCUT2D eigenvalue weighted by Gasteiger charge is 2.24. The van der Waals surface area contributed by atoms with Crippen LogP contribution in [0.4, 0.5) is 4.39 Å². The number of morpholine rings is 1. The zero-order chi connectivity index (χ0) is 27.1. The Morgan fingerprint density at radius 2 is 2.11 bits per heavy atom.